The predicted molar refractivity (Wildman–Crippen MR) is 130 cm³/mol. The Labute approximate surface area is 208 Å². The molecule has 1 saturated carbocycles. The Kier molecular flexibility index (Phi) is 8.49. The summed E-state index contributed by atoms with van der Waals surface area (Å²) in [6.45, 7) is 9.69. The zero-order chi connectivity index (χ0) is 25.8. The lowest BCUT2D eigenvalue weighted by atomic mass is 10.0. The Morgan fingerprint density at radius 2 is 1.97 bits per heavy atom. The van der Waals surface area contributed by atoms with E-state index in [1.165, 1.54) is 0 Å². The lowest BCUT2D eigenvalue weighted by molar-refractivity contribution is -0.150. The molecule has 0 bridgehead atoms. The van der Waals surface area contributed by atoms with Gasteiger partial charge >= 0.3 is 12.1 Å². The van der Waals surface area contributed by atoms with Crippen molar-refractivity contribution in [2.24, 2.45) is 11.8 Å². The highest BCUT2D eigenvalue weighted by atomic mass is 16.6. The number of amides is 3. The van der Waals surface area contributed by atoms with Gasteiger partial charge in [-0.15, -0.1) is 0 Å². The molecule has 1 aliphatic carbocycles. The molecule has 2 heterocycles. The van der Waals surface area contributed by atoms with E-state index in [-0.39, 0.29) is 30.3 Å². The van der Waals surface area contributed by atoms with Gasteiger partial charge in [-0.05, 0) is 65.7 Å². The van der Waals surface area contributed by atoms with Gasteiger partial charge in [0.05, 0.1) is 6.61 Å². The number of fused-ring (bicyclic) bond motifs is 2. The number of esters is 1. The van der Waals surface area contributed by atoms with E-state index < -0.39 is 35.3 Å². The van der Waals surface area contributed by atoms with E-state index in [1.807, 2.05) is 13.0 Å². The summed E-state index contributed by atoms with van der Waals surface area (Å²) in [5.41, 5.74) is -1.76. The largest absolute Gasteiger partial charge is 0.464 e. The second kappa shape index (κ2) is 11.0. The van der Waals surface area contributed by atoms with Crippen LogP contribution in [0, 0.1) is 11.8 Å². The summed E-state index contributed by atoms with van der Waals surface area (Å²) >= 11 is 0. The Balaban J connectivity index is 1.84. The maximum atomic E-state index is 13.6. The van der Waals surface area contributed by atoms with Crippen molar-refractivity contribution in [2.75, 3.05) is 13.2 Å². The monoisotopic (exact) mass is 491 g/mol. The molecule has 9 nitrogen and oxygen atoms in total. The molecule has 5 atom stereocenters. The lowest BCUT2D eigenvalue weighted by Gasteiger charge is -2.30. The van der Waals surface area contributed by atoms with Crippen LogP contribution in [0.25, 0.3) is 0 Å². The van der Waals surface area contributed by atoms with Gasteiger partial charge in [-0.2, -0.15) is 0 Å². The third-order valence-corrected chi connectivity index (χ3v) is 6.82. The van der Waals surface area contributed by atoms with Crippen molar-refractivity contribution in [3.63, 3.8) is 0 Å². The van der Waals surface area contributed by atoms with Crippen LogP contribution in [-0.4, -0.2) is 65.2 Å². The van der Waals surface area contributed by atoms with Gasteiger partial charge in [-0.3, -0.25) is 9.59 Å². The fourth-order valence-corrected chi connectivity index (χ4v) is 5.01. The molecule has 2 fully saturated rings. The lowest BCUT2D eigenvalue weighted by Crippen LogP contribution is -2.56. The van der Waals surface area contributed by atoms with Crippen molar-refractivity contribution in [3.05, 3.63) is 12.2 Å². The number of ether oxygens (including phenoxy) is 2. The van der Waals surface area contributed by atoms with Gasteiger partial charge in [0.2, 0.25) is 11.8 Å². The average molecular weight is 492 g/mol. The third kappa shape index (κ3) is 6.76. The first kappa shape index (κ1) is 27.0. The summed E-state index contributed by atoms with van der Waals surface area (Å²) < 4.78 is 10.7. The molecular formula is C26H41N3O6. The minimum Gasteiger partial charge on any atom is -0.464 e. The van der Waals surface area contributed by atoms with E-state index in [1.54, 1.807) is 32.6 Å². The Morgan fingerprint density at radius 3 is 2.66 bits per heavy atom. The van der Waals surface area contributed by atoms with Gasteiger partial charge in [0.25, 0.3) is 0 Å². The first-order chi connectivity index (χ1) is 16.5. The molecule has 9 heteroatoms. The van der Waals surface area contributed by atoms with E-state index in [0.717, 1.165) is 25.7 Å². The molecule has 2 N–H and O–H groups in total. The van der Waals surface area contributed by atoms with Gasteiger partial charge in [-0.25, -0.2) is 9.59 Å². The van der Waals surface area contributed by atoms with Crippen LogP contribution in [0.1, 0.15) is 79.6 Å². The number of alkyl carbamates (subject to hydrolysis) is 1. The molecular weight excluding hydrogens is 450 g/mol. The molecule has 0 radical (unpaired) electrons. The van der Waals surface area contributed by atoms with Gasteiger partial charge in [-0.1, -0.05) is 31.9 Å². The number of hydrogen-bond donors (Lipinski definition) is 2. The smallest absolute Gasteiger partial charge is 0.408 e. The summed E-state index contributed by atoms with van der Waals surface area (Å²) in [6, 6.07) is -1.49. The van der Waals surface area contributed by atoms with E-state index in [0.29, 0.717) is 25.8 Å². The van der Waals surface area contributed by atoms with Crippen molar-refractivity contribution >= 4 is 23.9 Å². The maximum absolute atomic E-state index is 13.6. The van der Waals surface area contributed by atoms with Gasteiger partial charge in [0.15, 0.2) is 0 Å². The Bertz CT molecular complexity index is 851. The summed E-state index contributed by atoms with van der Waals surface area (Å²) in [5.74, 6) is -1.06. The molecule has 0 unspecified atom stereocenters. The zero-order valence-corrected chi connectivity index (χ0v) is 21.7. The van der Waals surface area contributed by atoms with Crippen LogP contribution in [0.2, 0.25) is 0 Å². The number of carbonyl (C=O) groups is 4. The fourth-order valence-electron chi connectivity index (χ4n) is 5.01. The normalized spacial score (nSPS) is 32.8. The number of nitrogens with one attached hydrogen (secondary N) is 2. The van der Waals surface area contributed by atoms with Gasteiger partial charge < -0.3 is 25.0 Å². The Hall–Kier alpha value is -2.58. The number of hydrogen-bond acceptors (Lipinski definition) is 6. The van der Waals surface area contributed by atoms with Crippen LogP contribution in [0.3, 0.4) is 0 Å². The standard InChI is InChI=1S/C26H41N3O6/c1-6-34-23(32)26-15-18(26)12-10-8-7-9-11-13-19(27-24(33)35-25(3,4)5)22(31)29-16-17(2)14-20(29)21(30)28-26/h10,12,17-20H,6-9,11,13-16H2,1-5H3,(H,27,33)(H,28,30)/b12-10-/t17-,18-,19+,20+,26-/m1/s1. The summed E-state index contributed by atoms with van der Waals surface area (Å²) in [5, 5.41) is 5.70. The molecule has 2 aliphatic heterocycles. The highest BCUT2D eigenvalue weighted by Crippen LogP contribution is 2.46. The first-order valence-electron chi connectivity index (χ1n) is 12.9. The van der Waals surface area contributed by atoms with Crippen molar-refractivity contribution in [1.82, 2.24) is 15.5 Å². The summed E-state index contributed by atoms with van der Waals surface area (Å²) in [6.07, 6.45) is 8.30. The highest BCUT2D eigenvalue weighted by molar-refractivity contribution is 5.96. The zero-order valence-electron chi connectivity index (χ0n) is 21.7. The molecule has 3 amide bonds. The van der Waals surface area contributed by atoms with E-state index in [4.69, 9.17) is 9.47 Å². The molecule has 3 rings (SSSR count). The van der Waals surface area contributed by atoms with Crippen LogP contribution in [-0.2, 0) is 23.9 Å². The SMILES string of the molecule is CCOC(=O)[C@@]12C[C@H]1/C=C\CCCCC[C@H](NC(=O)OC(C)(C)C)C(=O)N1C[C@H](C)C[C@H]1C(=O)N2. The molecule has 0 spiro atoms. The van der Waals surface area contributed by atoms with Gasteiger partial charge in [0.1, 0.15) is 23.2 Å². The second-order valence-corrected chi connectivity index (χ2v) is 11.1. The topological polar surface area (TPSA) is 114 Å². The van der Waals surface area contributed by atoms with Crippen LogP contribution in [0.5, 0.6) is 0 Å². The number of carbonyl (C=O) groups excluding carboxylic acids is 4. The molecule has 196 valence electrons. The number of allylic oxidation sites excluding steroid dienone is 1. The molecule has 1 saturated heterocycles. The van der Waals surface area contributed by atoms with Crippen molar-refractivity contribution in [3.8, 4) is 0 Å². The van der Waals surface area contributed by atoms with Crippen LogP contribution in [0.15, 0.2) is 12.2 Å². The minimum atomic E-state index is -1.07. The van der Waals surface area contributed by atoms with Crippen molar-refractivity contribution in [2.45, 2.75) is 103 Å². The Morgan fingerprint density at radius 1 is 1.23 bits per heavy atom. The number of nitrogens with zero attached hydrogens (tertiary/aromatic N) is 1. The second-order valence-electron chi connectivity index (χ2n) is 11.1. The number of rotatable bonds is 3. The van der Waals surface area contributed by atoms with E-state index >= 15 is 0 Å². The molecule has 0 aromatic carbocycles. The van der Waals surface area contributed by atoms with E-state index in [9.17, 15) is 19.2 Å². The van der Waals surface area contributed by atoms with E-state index in [2.05, 4.69) is 16.7 Å². The van der Waals surface area contributed by atoms with Crippen LogP contribution in [0.4, 0.5) is 4.79 Å². The molecule has 3 aliphatic rings. The molecule has 0 aromatic heterocycles. The highest BCUT2D eigenvalue weighted by Gasteiger charge is 2.62. The van der Waals surface area contributed by atoms with Crippen LogP contribution < -0.4 is 10.6 Å². The third-order valence-electron chi connectivity index (χ3n) is 6.82. The van der Waals surface area contributed by atoms with Crippen molar-refractivity contribution < 1.29 is 28.7 Å². The van der Waals surface area contributed by atoms with Crippen LogP contribution >= 0.6 is 0 Å². The van der Waals surface area contributed by atoms with Gasteiger partial charge in [0, 0.05) is 12.5 Å². The summed E-state index contributed by atoms with van der Waals surface area (Å²) in [4.78, 5) is 53.9. The van der Waals surface area contributed by atoms with Crippen molar-refractivity contribution in [1.29, 1.82) is 0 Å². The summed E-state index contributed by atoms with van der Waals surface area (Å²) in [7, 11) is 0. The minimum absolute atomic E-state index is 0.111. The quantitative estimate of drug-likeness (QED) is 0.463. The predicted octanol–water partition coefficient (Wildman–Crippen LogP) is 3.08. The average Bonchev–Trinajstić information content (AvgIpc) is 3.30. The fraction of sp³-hybridized carbons (Fsp3) is 0.769. The molecule has 0 aromatic rings. The maximum Gasteiger partial charge on any atom is 0.408 e. The first-order valence-corrected chi connectivity index (χ1v) is 12.9. The molecule has 35 heavy (non-hydrogen) atoms.